The number of likely N-dealkylation sites (N-methyl/N-ethyl adjacent to an activating group) is 1. The number of benzene rings is 1. The summed E-state index contributed by atoms with van der Waals surface area (Å²) in [6.07, 6.45) is 4.43. The van der Waals surface area contributed by atoms with Crippen LogP contribution in [0.25, 0.3) is 16.8 Å². The maximum Gasteiger partial charge on any atom is 0.409 e. The molecule has 44 heavy (non-hydrogen) atoms. The van der Waals surface area contributed by atoms with Crippen LogP contribution in [0.3, 0.4) is 0 Å². The Morgan fingerprint density at radius 1 is 1.14 bits per heavy atom. The number of aromatic nitrogens is 4. The molecule has 14 heteroatoms. The highest BCUT2D eigenvalue weighted by Crippen LogP contribution is 2.33. The van der Waals surface area contributed by atoms with E-state index in [1.54, 1.807) is 45.6 Å². The number of nitrogens with one attached hydrogen (secondary N) is 2. The lowest BCUT2D eigenvalue weighted by Crippen LogP contribution is -2.62. The first-order valence-corrected chi connectivity index (χ1v) is 14.2. The third kappa shape index (κ3) is 5.84. The van der Waals surface area contributed by atoms with Crippen molar-refractivity contribution in [1.82, 2.24) is 29.8 Å². The Morgan fingerprint density at radius 2 is 1.91 bits per heavy atom. The fourth-order valence-corrected chi connectivity index (χ4v) is 5.73. The van der Waals surface area contributed by atoms with Gasteiger partial charge in [-0.25, -0.2) is 18.6 Å². The molecular weight excluding hydrogens is 572 g/mol. The molecular formula is C30H35F2N9O3. The highest BCUT2D eigenvalue weighted by atomic mass is 19.1. The smallest absolute Gasteiger partial charge is 0.409 e. The van der Waals surface area contributed by atoms with Gasteiger partial charge >= 0.3 is 6.09 Å². The van der Waals surface area contributed by atoms with E-state index in [0.29, 0.717) is 24.3 Å². The Bertz CT molecular complexity index is 1680. The number of nitrogens with two attached hydrogens (primary N) is 1. The molecule has 4 N–H and O–H groups in total. The molecule has 2 amide bonds. The van der Waals surface area contributed by atoms with Gasteiger partial charge in [0.05, 0.1) is 59.3 Å². The van der Waals surface area contributed by atoms with Gasteiger partial charge < -0.3 is 30.9 Å². The largest absolute Gasteiger partial charge is 0.453 e. The fraction of sp³-hybridized carbons (Fsp3) is 0.367. The Kier molecular flexibility index (Phi) is 8.63. The molecule has 3 unspecified atom stereocenters. The normalized spacial score (nSPS) is 18.4. The first-order valence-electron chi connectivity index (χ1n) is 14.2. The lowest BCUT2D eigenvalue weighted by atomic mass is 9.89. The second-order valence-corrected chi connectivity index (χ2v) is 11.2. The van der Waals surface area contributed by atoms with E-state index in [1.165, 1.54) is 22.6 Å². The van der Waals surface area contributed by atoms with Crippen LogP contribution >= 0.6 is 0 Å². The fourth-order valence-electron chi connectivity index (χ4n) is 5.73. The highest BCUT2D eigenvalue weighted by molar-refractivity contribution is 5.96. The molecule has 4 aromatic rings. The SMILES string of the molecule is COC(=O)N(C)C1C(C)CN(c2ccncc2Nc2ncc3ccc(-c4c(F)ccc(C(=O)NC(C)C)c4F)nn23)CC1N. The van der Waals surface area contributed by atoms with Crippen LogP contribution in [-0.2, 0) is 4.74 Å². The Balaban J connectivity index is 1.45. The summed E-state index contributed by atoms with van der Waals surface area (Å²) in [5.74, 6) is -2.21. The van der Waals surface area contributed by atoms with Crippen molar-refractivity contribution in [2.75, 3.05) is 37.5 Å². The second-order valence-electron chi connectivity index (χ2n) is 11.2. The number of hydrogen-bond acceptors (Lipinski definition) is 9. The second kappa shape index (κ2) is 12.4. The van der Waals surface area contributed by atoms with Crippen molar-refractivity contribution < 1.29 is 23.1 Å². The minimum atomic E-state index is -1.01. The summed E-state index contributed by atoms with van der Waals surface area (Å²) in [6.45, 7) is 6.58. The van der Waals surface area contributed by atoms with Gasteiger partial charge in [-0.2, -0.15) is 9.61 Å². The number of carbonyl (C=O) groups is 2. The molecule has 1 fully saturated rings. The Hall–Kier alpha value is -4.85. The number of piperidine rings is 1. The minimum absolute atomic E-state index is 0.0171. The van der Waals surface area contributed by atoms with Gasteiger partial charge in [-0.3, -0.25) is 9.78 Å². The zero-order chi connectivity index (χ0) is 31.7. The van der Waals surface area contributed by atoms with Crippen LogP contribution in [0.5, 0.6) is 0 Å². The van der Waals surface area contributed by atoms with E-state index in [-0.39, 0.29) is 41.2 Å². The third-order valence-electron chi connectivity index (χ3n) is 7.65. The van der Waals surface area contributed by atoms with Crippen LogP contribution < -0.4 is 21.3 Å². The zero-order valence-electron chi connectivity index (χ0n) is 25.1. The lowest BCUT2D eigenvalue weighted by Gasteiger charge is -2.45. The molecule has 0 aliphatic carbocycles. The average molecular weight is 608 g/mol. The van der Waals surface area contributed by atoms with Crippen molar-refractivity contribution >= 4 is 34.8 Å². The molecule has 232 valence electrons. The summed E-state index contributed by atoms with van der Waals surface area (Å²) in [7, 11) is 3.02. The van der Waals surface area contributed by atoms with Crippen LogP contribution in [0.1, 0.15) is 31.1 Å². The third-order valence-corrected chi connectivity index (χ3v) is 7.65. The number of methoxy groups -OCH3 is 1. The van der Waals surface area contributed by atoms with E-state index in [1.807, 2.05) is 13.0 Å². The number of fused-ring (bicyclic) bond motifs is 1. The van der Waals surface area contributed by atoms with Crippen LogP contribution in [-0.4, -0.2) is 81.9 Å². The van der Waals surface area contributed by atoms with Gasteiger partial charge in [0.25, 0.3) is 5.91 Å². The number of hydrogen-bond donors (Lipinski definition) is 3. The number of ether oxygens (including phenoxy) is 1. The molecule has 3 atom stereocenters. The number of anilines is 3. The first kappa shape index (κ1) is 30.6. The number of pyridine rings is 1. The molecule has 1 aliphatic heterocycles. The molecule has 12 nitrogen and oxygen atoms in total. The van der Waals surface area contributed by atoms with Crippen molar-refractivity contribution in [2.45, 2.75) is 38.9 Å². The van der Waals surface area contributed by atoms with Crippen molar-refractivity contribution in [2.24, 2.45) is 11.7 Å². The van der Waals surface area contributed by atoms with Crippen LogP contribution in [0.4, 0.5) is 30.9 Å². The molecule has 0 radical (unpaired) electrons. The summed E-state index contributed by atoms with van der Waals surface area (Å²) < 4.78 is 36.8. The number of imidazole rings is 1. The quantitative estimate of drug-likeness (QED) is 0.286. The summed E-state index contributed by atoms with van der Waals surface area (Å²) in [6, 6.07) is 6.31. The van der Waals surface area contributed by atoms with Gasteiger partial charge in [0, 0.05) is 38.4 Å². The van der Waals surface area contributed by atoms with Crippen molar-refractivity contribution in [3.63, 3.8) is 0 Å². The predicted octanol–water partition coefficient (Wildman–Crippen LogP) is 3.80. The summed E-state index contributed by atoms with van der Waals surface area (Å²) >= 11 is 0. The molecule has 1 aromatic carbocycles. The topological polar surface area (TPSA) is 143 Å². The van der Waals surface area contributed by atoms with E-state index < -0.39 is 29.2 Å². The van der Waals surface area contributed by atoms with Gasteiger partial charge in [-0.05, 0) is 50.1 Å². The van der Waals surface area contributed by atoms with E-state index in [9.17, 15) is 14.0 Å². The number of rotatable bonds is 7. The van der Waals surface area contributed by atoms with Crippen molar-refractivity contribution in [3.05, 3.63) is 66.1 Å². The zero-order valence-corrected chi connectivity index (χ0v) is 25.1. The van der Waals surface area contributed by atoms with Crippen molar-refractivity contribution in [1.29, 1.82) is 0 Å². The van der Waals surface area contributed by atoms with E-state index in [0.717, 1.165) is 17.8 Å². The number of halogens is 2. The lowest BCUT2D eigenvalue weighted by molar-refractivity contribution is 0.0905. The van der Waals surface area contributed by atoms with Crippen LogP contribution in [0.2, 0.25) is 0 Å². The highest BCUT2D eigenvalue weighted by Gasteiger charge is 2.38. The maximum absolute atomic E-state index is 15.5. The molecule has 4 heterocycles. The molecule has 5 rings (SSSR count). The van der Waals surface area contributed by atoms with Gasteiger partial charge in [0.1, 0.15) is 11.6 Å². The molecule has 3 aromatic heterocycles. The maximum atomic E-state index is 15.5. The first-order chi connectivity index (χ1) is 21.0. The Labute approximate surface area is 253 Å². The van der Waals surface area contributed by atoms with Gasteiger partial charge in [-0.15, -0.1) is 0 Å². The minimum Gasteiger partial charge on any atom is -0.453 e. The average Bonchev–Trinajstić information content (AvgIpc) is 3.38. The van der Waals surface area contributed by atoms with Crippen molar-refractivity contribution in [3.8, 4) is 11.3 Å². The van der Waals surface area contributed by atoms with Gasteiger partial charge in [0.15, 0.2) is 0 Å². The van der Waals surface area contributed by atoms with Gasteiger partial charge in [-0.1, -0.05) is 6.92 Å². The number of carbonyl (C=O) groups excluding carboxylic acids is 2. The van der Waals surface area contributed by atoms with E-state index >= 15 is 4.39 Å². The number of nitrogens with zero attached hydrogens (tertiary/aromatic N) is 6. The molecule has 0 spiro atoms. The molecule has 1 aliphatic rings. The molecule has 1 saturated heterocycles. The Morgan fingerprint density at radius 3 is 2.61 bits per heavy atom. The predicted molar refractivity (Wildman–Crippen MR) is 162 cm³/mol. The van der Waals surface area contributed by atoms with E-state index in [2.05, 4.69) is 30.6 Å². The number of amides is 2. The monoisotopic (exact) mass is 607 g/mol. The summed E-state index contributed by atoms with van der Waals surface area (Å²) in [5, 5.41) is 10.4. The molecule has 0 bridgehead atoms. The summed E-state index contributed by atoms with van der Waals surface area (Å²) in [5.41, 5.74) is 7.81. The van der Waals surface area contributed by atoms with Gasteiger partial charge in [0.2, 0.25) is 5.95 Å². The van der Waals surface area contributed by atoms with E-state index in [4.69, 9.17) is 10.5 Å². The standard InChI is InChI=1S/C30H35F2N9O3/c1-16(2)36-28(42)19-7-8-20(31)25(26(19)32)22-9-6-18-12-35-29(41(18)38-22)37-23-13-34-11-10-24(23)40-14-17(3)27(21(33)15-40)39(4)30(43)44-5/h6-13,16-17,21,27H,14-15,33H2,1-5H3,(H,35,37)(H,36,42). The van der Waals surface area contributed by atoms with Crippen LogP contribution in [0.15, 0.2) is 48.9 Å². The summed E-state index contributed by atoms with van der Waals surface area (Å²) in [4.78, 5) is 37.1. The molecule has 0 saturated carbocycles. The van der Waals surface area contributed by atoms with Crippen LogP contribution in [0, 0.1) is 17.6 Å².